The van der Waals surface area contributed by atoms with Gasteiger partial charge in [-0.15, -0.1) is 0 Å². The number of hydrogen-bond acceptors (Lipinski definition) is 4. The summed E-state index contributed by atoms with van der Waals surface area (Å²) in [4.78, 5) is 4.05. The maximum absolute atomic E-state index is 10.5. The van der Waals surface area contributed by atoms with Crippen LogP contribution in [0.3, 0.4) is 0 Å². The van der Waals surface area contributed by atoms with Crippen molar-refractivity contribution in [2.75, 3.05) is 13.7 Å². The lowest BCUT2D eigenvalue weighted by Crippen LogP contribution is -2.24. The number of rotatable bonds is 7. The van der Waals surface area contributed by atoms with Crippen molar-refractivity contribution in [2.45, 2.75) is 19.1 Å². The van der Waals surface area contributed by atoms with E-state index in [4.69, 9.17) is 4.74 Å². The van der Waals surface area contributed by atoms with E-state index in [0.29, 0.717) is 12.3 Å². The molecular weight excluding hydrogens is 324 g/mol. The van der Waals surface area contributed by atoms with Crippen LogP contribution in [0.25, 0.3) is 11.1 Å². The summed E-state index contributed by atoms with van der Waals surface area (Å²) in [5, 5.41) is 13.9. The molecule has 26 heavy (non-hydrogen) atoms. The van der Waals surface area contributed by atoms with Crippen LogP contribution in [-0.4, -0.2) is 23.7 Å². The molecule has 4 nitrogen and oxygen atoms in total. The Labute approximate surface area is 154 Å². The van der Waals surface area contributed by atoms with E-state index < -0.39 is 6.10 Å². The van der Waals surface area contributed by atoms with E-state index in [1.807, 2.05) is 36.4 Å². The summed E-state index contributed by atoms with van der Waals surface area (Å²) in [6.45, 7) is 2.55. The maximum atomic E-state index is 10.5. The zero-order valence-electron chi connectivity index (χ0n) is 15.1. The molecule has 0 saturated heterocycles. The second-order valence-electron chi connectivity index (χ2n) is 6.25. The molecule has 1 aromatic heterocycles. The fourth-order valence-corrected chi connectivity index (χ4v) is 2.97. The van der Waals surface area contributed by atoms with Crippen molar-refractivity contribution in [1.82, 2.24) is 10.3 Å². The molecule has 0 amide bonds. The molecule has 0 aliphatic carbocycles. The number of pyridine rings is 1. The Morgan fingerprint density at radius 1 is 0.962 bits per heavy atom. The molecule has 0 spiro atoms. The molecule has 0 saturated carbocycles. The van der Waals surface area contributed by atoms with Gasteiger partial charge in [-0.05, 0) is 41.8 Å². The number of nitrogens with zero attached hydrogens (tertiary/aromatic N) is 1. The minimum absolute atomic E-state index is 0.130. The predicted molar refractivity (Wildman–Crippen MR) is 104 cm³/mol. The van der Waals surface area contributed by atoms with Crippen LogP contribution in [0, 0.1) is 0 Å². The highest BCUT2D eigenvalue weighted by Gasteiger charge is 2.14. The summed E-state index contributed by atoms with van der Waals surface area (Å²) in [7, 11) is 1.62. The van der Waals surface area contributed by atoms with E-state index >= 15 is 0 Å². The Kier molecular flexibility index (Phi) is 6.00. The third-order valence-electron chi connectivity index (χ3n) is 4.54. The quantitative estimate of drug-likeness (QED) is 0.674. The van der Waals surface area contributed by atoms with Crippen molar-refractivity contribution in [3.05, 3.63) is 84.2 Å². The van der Waals surface area contributed by atoms with Gasteiger partial charge in [0.25, 0.3) is 0 Å². The zero-order valence-corrected chi connectivity index (χ0v) is 15.1. The normalized spacial score (nSPS) is 13.2. The Hall–Kier alpha value is -2.69. The summed E-state index contributed by atoms with van der Waals surface area (Å²) in [6.07, 6.45) is 2.98. The van der Waals surface area contributed by atoms with Crippen LogP contribution in [-0.2, 0) is 0 Å². The van der Waals surface area contributed by atoms with Crippen LogP contribution < -0.4 is 10.1 Å². The molecule has 0 fully saturated rings. The standard InChI is InChI=1S/C22H24N2O2/c1-16(24-15-21(25)20-5-3-4-6-22(20)26-2)17-7-9-18(10-8-17)19-11-13-23-14-12-19/h3-14,16,21,24-25H,15H2,1-2H3/t16?,21-/m0/s1. The van der Waals surface area contributed by atoms with E-state index in [-0.39, 0.29) is 6.04 Å². The van der Waals surface area contributed by atoms with Gasteiger partial charge in [0.05, 0.1) is 13.2 Å². The van der Waals surface area contributed by atoms with Gasteiger partial charge in [0.15, 0.2) is 0 Å². The summed E-state index contributed by atoms with van der Waals surface area (Å²) in [5.41, 5.74) is 4.29. The molecule has 2 N–H and O–H groups in total. The summed E-state index contributed by atoms with van der Waals surface area (Å²) in [6, 6.07) is 20.1. The van der Waals surface area contributed by atoms with Gasteiger partial charge in [0.1, 0.15) is 5.75 Å². The molecule has 2 atom stereocenters. The minimum atomic E-state index is -0.621. The van der Waals surface area contributed by atoms with Crippen molar-refractivity contribution in [1.29, 1.82) is 0 Å². The van der Waals surface area contributed by atoms with Gasteiger partial charge < -0.3 is 15.2 Å². The predicted octanol–water partition coefficient (Wildman–Crippen LogP) is 4.14. The van der Waals surface area contributed by atoms with Gasteiger partial charge in [0.2, 0.25) is 0 Å². The Balaban J connectivity index is 1.62. The van der Waals surface area contributed by atoms with Crippen LogP contribution in [0.15, 0.2) is 73.1 Å². The molecule has 2 aromatic carbocycles. The van der Waals surface area contributed by atoms with Gasteiger partial charge in [-0.2, -0.15) is 0 Å². The third kappa shape index (κ3) is 4.28. The Morgan fingerprint density at radius 3 is 2.31 bits per heavy atom. The summed E-state index contributed by atoms with van der Waals surface area (Å²) in [5.74, 6) is 0.705. The number of aliphatic hydroxyl groups excluding tert-OH is 1. The second-order valence-corrected chi connectivity index (χ2v) is 6.25. The molecule has 4 heteroatoms. The molecule has 0 bridgehead atoms. The average molecular weight is 348 g/mol. The summed E-state index contributed by atoms with van der Waals surface area (Å²) >= 11 is 0. The van der Waals surface area contributed by atoms with E-state index in [1.54, 1.807) is 19.5 Å². The van der Waals surface area contributed by atoms with Crippen LogP contribution in [0.4, 0.5) is 0 Å². The van der Waals surface area contributed by atoms with Crippen molar-refractivity contribution in [3.8, 4) is 16.9 Å². The molecule has 1 heterocycles. The minimum Gasteiger partial charge on any atom is -0.496 e. The first-order valence-electron chi connectivity index (χ1n) is 8.73. The molecule has 1 unspecified atom stereocenters. The SMILES string of the molecule is COc1ccccc1[C@@H](O)CNC(C)c1ccc(-c2ccncc2)cc1. The van der Waals surface area contributed by atoms with Gasteiger partial charge >= 0.3 is 0 Å². The molecule has 134 valence electrons. The van der Waals surface area contributed by atoms with Crippen LogP contribution >= 0.6 is 0 Å². The van der Waals surface area contributed by atoms with E-state index in [0.717, 1.165) is 16.7 Å². The van der Waals surface area contributed by atoms with E-state index in [1.165, 1.54) is 5.56 Å². The fourth-order valence-electron chi connectivity index (χ4n) is 2.97. The number of methoxy groups -OCH3 is 1. The third-order valence-corrected chi connectivity index (χ3v) is 4.54. The highest BCUT2D eigenvalue weighted by atomic mass is 16.5. The second kappa shape index (κ2) is 8.61. The highest BCUT2D eigenvalue weighted by molar-refractivity contribution is 5.62. The number of aromatic nitrogens is 1. The molecular formula is C22H24N2O2. The number of aliphatic hydroxyl groups is 1. The molecule has 3 aromatic rings. The van der Waals surface area contributed by atoms with E-state index in [2.05, 4.69) is 41.5 Å². The van der Waals surface area contributed by atoms with Crippen LogP contribution in [0.2, 0.25) is 0 Å². The number of benzene rings is 2. The molecule has 3 rings (SSSR count). The van der Waals surface area contributed by atoms with Crippen LogP contribution in [0.5, 0.6) is 5.75 Å². The first-order valence-corrected chi connectivity index (χ1v) is 8.73. The number of para-hydroxylation sites is 1. The van der Waals surface area contributed by atoms with Gasteiger partial charge in [-0.1, -0.05) is 42.5 Å². The highest BCUT2D eigenvalue weighted by Crippen LogP contribution is 2.25. The largest absolute Gasteiger partial charge is 0.496 e. The zero-order chi connectivity index (χ0) is 18.4. The number of nitrogens with one attached hydrogen (secondary N) is 1. The fraction of sp³-hybridized carbons (Fsp3) is 0.227. The summed E-state index contributed by atoms with van der Waals surface area (Å²) < 4.78 is 5.32. The van der Waals surface area contributed by atoms with Gasteiger partial charge in [0, 0.05) is 30.5 Å². The lowest BCUT2D eigenvalue weighted by molar-refractivity contribution is 0.166. The first-order chi connectivity index (χ1) is 12.7. The molecule has 0 aliphatic rings. The first kappa shape index (κ1) is 18.1. The van der Waals surface area contributed by atoms with Crippen molar-refractivity contribution < 1.29 is 9.84 Å². The lowest BCUT2D eigenvalue weighted by Gasteiger charge is -2.19. The molecule has 0 aliphatic heterocycles. The maximum Gasteiger partial charge on any atom is 0.124 e. The molecule has 0 radical (unpaired) electrons. The van der Waals surface area contributed by atoms with Crippen LogP contribution in [0.1, 0.15) is 30.2 Å². The number of ether oxygens (including phenoxy) is 1. The Morgan fingerprint density at radius 2 is 1.62 bits per heavy atom. The lowest BCUT2D eigenvalue weighted by atomic mass is 10.0. The smallest absolute Gasteiger partial charge is 0.124 e. The van der Waals surface area contributed by atoms with Crippen molar-refractivity contribution in [3.63, 3.8) is 0 Å². The monoisotopic (exact) mass is 348 g/mol. The van der Waals surface area contributed by atoms with E-state index in [9.17, 15) is 5.11 Å². The Bertz CT molecular complexity index is 819. The topological polar surface area (TPSA) is 54.4 Å². The number of hydrogen-bond donors (Lipinski definition) is 2. The van der Waals surface area contributed by atoms with Crippen molar-refractivity contribution in [2.24, 2.45) is 0 Å². The van der Waals surface area contributed by atoms with Crippen molar-refractivity contribution >= 4 is 0 Å². The average Bonchev–Trinajstić information content (AvgIpc) is 2.72. The van der Waals surface area contributed by atoms with Gasteiger partial charge in [-0.3, -0.25) is 4.98 Å². The van der Waals surface area contributed by atoms with Gasteiger partial charge in [-0.25, -0.2) is 0 Å².